The van der Waals surface area contributed by atoms with Crippen LogP contribution in [0.15, 0.2) is 54.5 Å². The lowest BCUT2D eigenvalue weighted by Gasteiger charge is -2.38. The summed E-state index contributed by atoms with van der Waals surface area (Å²) in [7, 11) is 3.07. The SMILES string of the molecule is CN1C(=O)C(Cc2ccccc2)N(C)C(=O)C1=Cc1ccncc1[N+](=O)[O-]. The van der Waals surface area contributed by atoms with E-state index in [1.54, 1.807) is 7.05 Å². The van der Waals surface area contributed by atoms with Crippen LogP contribution in [0.4, 0.5) is 5.69 Å². The van der Waals surface area contributed by atoms with Crippen molar-refractivity contribution in [3.63, 3.8) is 0 Å². The molecule has 0 aliphatic carbocycles. The minimum Gasteiger partial charge on any atom is -0.328 e. The molecule has 1 unspecified atom stereocenters. The van der Waals surface area contributed by atoms with Gasteiger partial charge in [-0.2, -0.15) is 0 Å². The van der Waals surface area contributed by atoms with Crippen LogP contribution in [0.3, 0.4) is 0 Å². The Labute approximate surface area is 155 Å². The van der Waals surface area contributed by atoms with E-state index in [0.717, 1.165) is 11.8 Å². The van der Waals surface area contributed by atoms with E-state index < -0.39 is 11.0 Å². The Bertz CT molecular complexity index is 926. The van der Waals surface area contributed by atoms with Crippen LogP contribution in [-0.2, 0) is 16.0 Å². The Morgan fingerprint density at radius 3 is 2.56 bits per heavy atom. The van der Waals surface area contributed by atoms with Crippen molar-refractivity contribution in [1.82, 2.24) is 14.8 Å². The third-order valence-corrected chi connectivity index (χ3v) is 4.58. The molecule has 1 aromatic heterocycles. The van der Waals surface area contributed by atoms with Crippen molar-refractivity contribution in [1.29, 1.82) is 0 Å². The van der Waals surface area contributed by atoms with Crippen LogP contribution in [0.1, 0.15) is 11.1 Å². The van der Waals surface area contributed by atoms with E-state index in [2.05, 4.69) is 4.98 Å². The number of rotatable bonds is 4. The largest absolute Gasteiger partial charge is 0.328 e. The summed E-state index contributed by atoms with van der Waals surface area (Å²) in [6, 6.07) is 10.2. The summed E-state index contributed by atoms with van der Waals surface area (Å²) >= 11 is 0. The van der Waals surface area contributed by atoms with Crippen LogP contribution in [0.5, 0.6) is 0 Å². The van der Waals surface area contributed by atoms with E-state index >= 15 is 0 Å². The van der Waals surface area contributed by atoms with Gasteiger partial charge in [0, 0.05) is 26.7 Å². The zero-order valence-corrected chi connectivity index (χ0v) is 14.9. The molecule has 0 bridgehead atoms. The van der Waals surface area contributed by atoms with E-state index in [9.17, 15) is 19.7 Å². The van der Waals surface area contributed by atoms with Crippen molar-refractivity contribution in [2.75, 3.05) is 14.1 Å². The van der Waals surface area contributed by atoms with Gasteiger partial charge in [0.15, 0.2) is 0 Å². The summed E-state index contributed by atoms with van der Waals surface area (Å²) in [6.45, 7) is 0. The lowest BCUT2D eigenvalue weighted by molar-refractivity contribution is -0.385. The van der Waals surface area contributed by atoms with E-state index in [-0.39, 0.29) is 28.8 Å². The van der Waals surface area contributed by atoms with Gasteiger partial charge in [-0.25, -0.2) is 0 Å². The highest BCUT2D eigenvalue weighted by Crippen LogP contribution is 2.26. The monoisotopic (exact) mass is 366 g/mol. The van der Waals surface area contributed by atoms with Crippen LogP contribution in [0, 0.1) is 10.1 Å². The molecular weight excluding hydrogens is 348 g/mol. The molecule has 8 nitrogen and oxygen atoms in total. The number of carbonyl (C=O) groups excluding carboxylic acids is 2. The Morgan fingerprint density at radius 1 is 1.19 bits per heavy atom. The predicted molar refractivity (Wildman–Crippen MR) is 98.3 cm³/mol. The number of carbonyl (C=O) groups is 2. The molecule has 138 valence electrons. The molecule has 0 saturated carbocycles. The number of likely N-dealkylation sites (N-methyl/N-ethyl adjacent to an activating group) is 2. The molecule has 1 saturated heterocycles. The minimum atomic E-state index is -0.630. The van der Waals surface area contributed by atoms with Gasteiger partial charge in [0.2, 0.25) is 5.91 Å². The van der Waals surface area contributed by atoms with Gasteiger partial charge in [-0.15, -0.1) is 0 Å². The maximum Gasteiger partial charge on any atom is 0.294 e. The lowest BCUT2D eigenvalue weighted by atomic mass is 10.00. The summed E-state index contributed by atoms with van der Waals surface area (Å²) in [5.41, 5.74) is 1.02. The number of nitrogens with zero attached hydrogens (tertiary/aromatic N) is 4. The van der Waals surface area contributed by atoms with Gasteiger partial charge in [0.25, 0.3) is 11.6 Å². The average Bonchev–Trinajstić information content (AvgIpc) is 2.68. The second-order valence-corrected chi connectivity index (χ2v) is 6.24. The van der Waals surface area contributed by atoms with Gasteiger partial charge in [-0.3, -0.25) is 24.7 Å². The number of amides is 2. The van der Waals surface area contributed by atoms with E-state index in [1.807, 2.05) is 30.3 Å². The average molecular weight is 366 g/mol. The fourth-order valence-corrected chi connectivity index (χ4v) is 3.01. The highest BCUT2D eigenvalue weighted by atomic mass is 16.6. The van der Waals surface area contributed by atoms with Crippen LogP contribution in [-0.4, -0.2) is 51.7 Å². The van der Waals surface area contributed by atoms with E-state index in [0.29, 0.717) is 6.42 Å². The molecule has 1 fully saturated rings. The molecule has 2 amide bonds. The molecule has 1 aromatic carbocycles. The van der Waals surface area contributed by atoms with Crippen molar-refractivity contribution in [3.05, 3.63) is 75.7 Å². The third kappa shape index (κ3) is 3.55. The van der Waals surface area contributed by atoms with Crippen LogP contribution >= 0.6 is 0 Å². The van der Waals surface area contributed by atoms with Gasteiger partial charge in [0.05, 0.1) is 10.5 Å². The molecule has 2 aromatic rings. The quantitative estimate of drug-likeness (QED) is 0.467. The Morgan fingerprint density at radius 2 is 1.89 bits per heavy atom. The minimum absolute atomic E-state index is 0.0844. The van der Waals surface area contributed by atoms with Crippen molar-refractivity contribution < 1.29 is 14.5 Å². The Kier molecular flexibility index (Phi) is 4.98. The van der Waals surface area contributed by atoms with Gasteiger partial charge in [-0.1, -0.05) is 30.3 Å². The Hall–Kier alpha value is -3.55. The molecule has 1 aliphatic heterocycles. The molecule has 1 atom stereocenters. The van der Waals surface area contributed by atoms with E-state index in [1.165, 1.54) is 35.2 Å². The second-order valence-electron chi connectivity index (χ2n) is 6.24. The van der Waals surface area contributed by atoms with Crippen LogP contribution in [0.2, 0.25) is 0 Å². The van der Waals surface area contributed by atoms with Gasteiger partial charge in [-0.05, 0) is 17.7 Å². The summed E-state index contributed by atoms with van der Waals surface area (Å²) in [5.74, 6) is -0.618. The smallest absolute Gasteiger partial charge is 0.294 e. The summed E-state index contributed by atoms with van der Waals surface area (Å²) in [5, 5.41) is 11.2. The van der Waals surface area contributed by atoms with Crippen molar-refractivity contribution in [2.45, 2.75) is 12.5 Å². The molecule has 0 radical (unpaired) electrons. The molecule has 3 rings (SSSR count). The normalized spacial score (nSPS) is 18.9. The molecule has 0 N–H and O–H groups in total. The number of hydrogen-bond donors (Lipinski definition) is 0. The molecule has 1 aliphatic rings. The number of benzene rings is 1. The topological polar surface area (TPSA) is 96.7 Å². The molecule has 0 spiro atoms. The van der Waals surface area contributed by atoms with Crippen molar-refractivity contribution in [2.24, 2.45) is 0 Å². The summed E-state index contributed by atoms with van der Waals surface area (Å²) in [6.07, 6.45) is 4.27. The first-order chi connectivity index (χ1) is 12.9. The summed E-state index contributed by atoms with van der Waals surface area (Å²) in [4.78, 5) is 42.7. The highest BCUT2D eigenvalue weighted by Gasteiger charge is 2.39. The maximum atomic E-state index is 12.9. The Balaban J connectivity index is 1.94. The highest BCUT2D eigenvalue weighted by molar-refractivity contribution is 6.07. The number of nitro groups is 1. The zero-order chi connectivity index (χ0) is 19.6. The van der Waals surface area contributed by atoms with Crippen molar-refractivity contribution in [3.8, 4) is 0 Å². The summed E-state index contributed by atoms with van der Waals surface area (Å²) < 4.78 is 0. The molecular formula is C19H18N4O4. The molecule has 27 heavy (non-hydrogen) atoms. The van der Waals surface area contributed by atoms with Gasteiger partial charge in [0.1, 0.15) is 17.9 Å². The van der Waals surface area contributed by atoms with Crippen molar-refractivity contribution >= 4 is 23.6 Å². The second kappa shape index (κ2) is 7.36. The number of aromatic nitrogens is 1. The van der Waals surface area contributed by atoms with E-state index in [4.69, 9.17) is 0 Å². The fourth-order valence-electron chi connectivity index (χ4n) is 3.01. The first-order valence-corrected chi connectivity index (χ1v) is 8.29. The first kappa shape index (κ1) is 18.2. The number of hydrogen-bond acceptors (Lipinski definition) is 5. The van der Waals surface area contributed by atoms with Crippen LogP contribution < -0.4 is 0 Å². The van der Waals surface area contributed by atoms with Crippen LogP contribution in [0.25, 0.3) is 6.08 Å². The standard InChI is InChI=1S/C19H18N4O4/c1-21-15(10-13-6-4-3-5-7-13)18(24)22(2)16(19(21)25)11-14-8-9-20-12-17(14)23(26)27/h3-9,11-12,15H,10H2,1-2H3. The first-order valence-electron chi connectivity index (χ1n) is 8.29. The van der Waals surface area contributed by atoms with Gasteiger partial charge >= 0.3 is 0 Å². The molecule has 2 heterocycles. The number of piperazine rings is 1. The zero-order valence-electron chi connectivity index (χ0n) is 14.9. The lowest BCUT2D eigenvalue weighted by Crippen LogP contribution is -2.56. The predicted octanol–water partition coefficient (Wildman–Crippen LogP) is 1.87. The van der Waals surface area contributed by atoms with Gasteiger partial charge < -0.3 is 9.80 Å². The molecule has 8 heteroatoms. The maximum absolute atomic E-state index is 12.9. The number of pyridine rings is 1. The fraction of sp³-hybridized carbons (Fsp3) is 0.211. The third-order valence-electron chi connectivity index (χ3n) is 4.58.